The fraction of sp³-hybridized carbons (Fsp3) is 0.333. The Balaban J connectivity index is 1.95. The van der Waals surface area contributed by atoms with Crippen molar-refractivity contribution < 1.29 is 23.8 Å². The molecule has 0 unspecified atom stereocenters. The smallest absolute Gasteiger partial charge is 0.347 e. The Bertz CT molecular complexity index is 820. The Hall–Kier alpha value is -2.73. The first-order chi connectivity index (χ1) is 13.3. The Kier molecular flexibility index (Phi) is 7.70. The van der Waals surface area contributed by atoms with Gasteiger partial charge in [-0.25, -0.2) is 4.79 Å². The normalized spacial score (nSPS) is 11.6. The monoisotopic (exact) mass is 405 g/mol. The number of esters is 1. The molecule has 7 heteroatoms. The van der Waals surface area contributed by atoms with Crippen LogP contribution in [0.25, 0.3) is 0 Å². The zero-order chi connectivity index (χ0) is 20.7. The predicted molar refractivity (Wildman–Crippen MR) is 108 cm³/mol. The van der Waals surface area contributed by atoms with Crippen LogP contribution in [0.5, 0.6) is 11.5 Å². The highest BCUT2D eigenvalue weighted by atomic mass is 35.5. The third-order valence-corrected chi connectivity index (χ3v) is 4.03. The van der Waals surface area contributed by atoms with Gasteiger partial charge in [-0.1, -0.05) is 25.4 Å². The number of benzene rings is 2. The minimum atomic E-state index is -0.736. The average Bonchev–Trinajstić information content (AvgIpc) is 2.66. The molecule has 0 fully saturated rings. The summed E-state index contributed by atoms with van der Waals surface area (Å²) in [5, 5.41) is 3.17. The number of carbonyl (C=O) groups is 2. The molecule has 0 aliphatic heterocycles. The summed E-state index contributed by atoms with van der Waals surface area (Å²) in [6.45, 7) is 5.89. The first-order valence-corrected chi connectivity index (χ1v) is 9.26. The summed E-state index contributed by atoms with van der Waals surface area (Å²) in [6, 6.07) is 11.5. The van der Waals surface area contributed by atoms with E-state index in [9.17, 15) is 9.59 Å². The molecule has 0 aromatic heterocycles. The summed E-state index contributed by atoms with van der Waals surface area (Å²) in [7, 11) is 1.52. The van der Waals surface area contributed by atoms with Gasteiger partial charge in [0.1, 0.15) is 11.5 Å². The molecular weight excluding hydrogens is 382 g/mol. The number of anilines is 1. The largest absolute Gasteiger partial charge is 0.495 e. The van der Waals surface area contributed by atoms with Crippen LogP contribution in [-0.2, 0) is 9.53 Å². The van der Waals surface area contributed by atoms with Crippen molar-refractivity contribution in [2.24, 2.45) is 5.92 Å². The molecule has 6 nitrogen and oxygen atoms in total. The molecule has 0 saturated carbocycles. The van der Waals surface area contributed by atoms with E-state index in [0.29, 0.717) is 34.4 Å². The van der Waals surface area contributed by atoms with Crippen LogP contribution < -0.4 is 14.8 Å². The number of ether oxygens (including phenoxy) is 3. The van der Waals surface area contributed by atoms with E-state index in [4.69, 9.17) is 25.8 Å². The minimum absolute atomic E-state index is 0.259. The fourth-order valence-corrected chi connectivity index (χ4v) is 2.51. The van der Waals surface area contributed by atoms with Crippen LogP contribution in [0, 0.1) is 5.92 Å². The highest BCUT2D eigenvalue weighted by molar-refractivity contribution is 6.32. The molecule has 2 aromatic carbocycles. The molecule has 0 saturated heterocycles. The SMILES string of the molecule is COc1ccc(NC(=O)c2ccc(O[C@H](C)C(=O)OCC(C)C)cc2)cc1Cl. The topological polar surface area (TPSA) is 73.9 Å². The van der Waals surface area contributed by atoms with Gasteiger partial charge in [-0.15, -0.1) is 0 Å². The molecule has 2 aromatic rings. The van der Waals surface area contributed by atoms with Crippen molar-refractivity contribution in [1.82, 2.24) is 0 Å². The number of methoxy groups -OCH3 is 1. The highest BCUT2D eigenvalue weighted by Gasteiger charge is 2.17. The van der Waals surface area contributed by atoms with E-state index in [1.54, 1.807) is 49.4 Å². The Morgan fingerprint density at radius 2 is 1.75 bits per heavy atom. The van der Waals surface area contributed by atoms with Crippen LogP contribution in [-0.4, -0.2) is 31.7 Å². The minimum Gasteiger partial charge on any atom is -0.495 e. The molecule has 0 aliphatic rings. The number of rotatable bonds is 8. The molecular formula is C21H24ClNO5. The van der Waals surface area contributed by atoms with Crippen LogP contribution in [0.15, 0.2) is 42.5 Å². The average molecular weight is 406 g/mol. The molecule has 1 N–H and O–H groups in total. The number of hydrogen-bond donors (Lipinski definition) is 1. The Morgan fingerprint density at radius 3 is 2.32 bits per heavy atom. The van der Waals surface area contributed by atoms with Crippen LogP contribution in [0.3, 0.4) is 0 Å². The summed E-state index contributed by atoms with van der Waals surface area (Å²) in [4.78, 5) is 24.2. The van der Waals surface area contributed by atoms with E-state index in [-0.39, 0.29) is 11.8 Å². The number of nitrogens with one attached hydrogen (secondary N) is 1. The van der Waals surface area contributed by atoms with E-state index >= 15 is 0 Å². The molecule has 150 valence electrons. The van der Waals surface area contributed by atoms with Crippen molar-refractivity contribution >= 4 is 29.2 Å². The second-order valence-corrected chi connectivity index (χ2v) is 7.02. The maximum absolute atomic E-state index is 12.4. The molecule has 0 bridgehead atoms. The van der Waals surface area contributed by atoms with Crippen molar-refractivity contribution in [3.8, 4) is 11.5 Å². The maximum Gasteiger partial charge on any atom is 0.347 e. The third-order valence-electron chi connectivity index (χ3n) is 3.73. The van der Waals surface area contributed by atoms with Crippen molar-refractivity contribution in [1.29, 1.82) is 0 Å². The van der Waals surface area contributed by atoms with Crippen molar-refractivity contribution in [3.63, 3.8) is 0 Å². The Labute approximate surface area is 169 Å². The van der Waals surface area contributed by atoms with Crippen molar-refractivity contribution in [3.05, 3.63) is 53.1 Å². The van der Waals surface area contributed by atoms with Gasteiger partial charge < -0.3 is 19.5 Å². The number of hydrogen-bond acceptors (Lipinski definition) is 5. The lowest BCUT2D eigenvalue weighted by Gasteiger charge is -2.15. The molecule has 1 atom stereocenters. The lowest BCUT2D eigenvalue weighted by atomic mass is 10.2. The van der Waals surface area contributed by atoms with E-state index in [1.165, 1.54) is 7.11 Å². The van der Waals surface area contributed by atoms with Gasteiger partial charge in [-0.05, 0) is 55.3 Å². The van der Waals surface area contributed by atoms with Gasteiger partial charge in [0.25, 0.3) is 5.91 Å². The van der Waals surface area contributed by atoms with E-state index < -0.39 is 12.1 Å². The molecule has 0 radical (unpaired) electrons. The van der Waals surface area contributed by atoms with Gasteiger partial charge in [0.05, 0.1) is 18.7 Å². The van der Waals surface area contributed by atoms with Crippen molar-refractivity contribution in [2.75, 3.05) is 19.0 Å². The summed E-state index contributed by atoms with van der Waals surface area (Å²) >= 11 is 6.06. The molecule has 28 heavy (non-hydrogen) atoms. The highest BCUT2D eigenvalue weighted by Crippen LogP contribution is 2.27. The van der Waals surface area contributed by atoms with Crippen molar-refractivity contribution in [2.45, 2.75) is 26.9 Å². The summed E-state index contributed by atoms with van der Waals surface area (Å²) in [5.74, 6) is 0.541. The van der Waals surface area contributed by atoms with Gasteiger partial charge in [0.2, 0.25) is 0 Å². The summed E-state index contributed by atoms with van der Waals surface area (Å²) in [5.41, 5.74) is 0.993. The number of amides is 1. The molecule has 2 rings (SSSR count). The second kappa shape index (κ2) is 9.99. The number of carbonyl (C=O) groups excluding carboxylic acids is 2. The van der Waals surface area contributed by atoms with Gasteiger partial charge in [0.15, 0.2) is 6.10 Å². The molecule has 0 heterocycles. The first-order valence-electron chi connectivity index (χ1n) is 8.88. The lowest BCUT2D eigenvalue weighted by Crippen LogP contribution is -2.27. The van der Waals surface area contributed by atoms with Crippen LogP contribution in [0.1, 0.15) is 31.1 Å². The second-order valence-electron chi connectivity index (χ2n) is 6.61. The van der Waals surface area contributed by atoms with Gasteiger partial charge in [-0.2, -0.15) is 0 Å². The summed E-state index contributed by atoms with van der Waals surface area (Å²) in [6.07, 6.45) is -0.736. The summed E-state index contributed by atoms with van der Waals surface area (Å²) < 4.78 is 15.8. The van der Waals surface area contributed by atoms with E-state index in [2.05, 4.69) is 5.32 Å². The van der Waals surface area contributed by atoms with E-state index in [0.717, 1.165) is 0 Å². The lowest BCUT2D eigenvalue weighted by molar-refractivity contribution is -0.152. The standard InChI is InChI=1S/C21H24ClNO5/c1-13(2)12-27-21(25)14(3)28-17-8-5-15(6-9-17)20(24)23-16-7-10-19(26-4)18(22)11-16/h5-11,13-14H,12H2,1-4H3,(H,23,24)/t14-/m1/s1. The Morgan fingerprint density at radius 1 is 1.07 bits per heavy atom. The zero-order valence-corrected chi connectivity index (χ0v) is 17.1. The number of halogens is 1. The van der Waals surface area contributed by atoms with Gasteiger partial charge >= 0.3 is 5.97 Å². The van der Waals surface area contributed by atoms with Crippen LogP contribution in [0.4, 0.5) is 5.69 Å². The third kappa shape index (κ3) is 6.16. The van der Waals surface area contributed by atoms with E-state index in [1.807, 2.05) is 13.8 Å². The molecule has 0 spiro atoms. The fourth-order valence-electron chi connectivity index (χ4n) is 2.25. The predicted octanol–water partition coefficient (Wildman–Crippen LogP) is 4.57. The molecule has 1 amide bonds. The van der Waals surface area contributed by atoms with Gasteiger partial charge in [0, 0.05) is 11.3 Å². The first kappa shape index (κ1) is 21.6. The molecule has 0 aliphatic carbocycles. The zero-order valence-electron chi connectivity index (χ0n) is 16.3. The van der Waals surface area contributed by atoms with Crippen LogP contribution in [0.2, 0.25) is 5.02 Å². The van der Waals surface area contributed by atoms with Crippen LogP contribution >= 0.6 is 11.6 Å². The van der Waals surface area contributed by atoms with Gasteiger partial charge in [-0.3, -0.25) is 4.79 Å². The quantitative estimate of drug-likeness (QED) is 0.651. The maximum atomic E-state index is 12.4.